The second kappa shape index (κ2) is 8.73. The Morgan fingerprint density at radius 2 is 1.71 bits per heavy atom. The zero-order valence-electron chi connectivity index (χ0n) is 15.9. The molecule has 1 amide bonds. The SMILES string of the molecule is CCC(=O)N1CCN(c2ccc(C(=O)c3ccc(OC)c(Br)c3)cc2F)CC1. The molecule has 5 nitrogen and oxygen atoms in total. The van der Waals surface area contributed by atoms with Gasteiger partial charge < -0.3 is 14.5 Å². The van der Waals surface area contributed by atoms with E-state index in [1.807, 2.05) is 11.8 Å². The first kappa shape index (κ1) is 20.3. The van der Waals surface area contributed by atoms with Crippen molar-refractivity contribution in [1.82, 2.24) is 4.90 Å². The van der Waals surface area contributed by atoms with Crippen LogP contribution in [0.4, 0.5) is 10.1 Å². The Hall–Kier alpha value is -2.41. The van der Waals surface area contributed by atoms with Gasteiger partial charge in [0, 0.05) is 43.7 Å². The lowest BCUT2D eigenvalue weighted by molar-refractivity contribution is -0.131. The molecule has 0 radical (unpaired) electrons. The maximum absolute atomic E-state index is 14.7. The summed E-state index contributed by atoms with van der Waals surface area (Å²) in [6.45, 7) is 4.13. The minimum atomic E-state index is -0.436. The number of benzene rings is 2. The Morgan fingerprint density at radius 3 is 2.29 bits per heavy atom. The average Bonchev–Trinajstić information content (AvgIpc) is 2.72. The lowest BCUT2D eigenvalue weighted by atomic mass is 10.0. The summed E-state index contributed by atoms with van der Waals surface area (Å²) in [5, 5.41) is 0. The molecule has 0 bridgehead atoms. The lowest BCUT2D eigenvalue weighted by Crippen LogP contribution is -2.48. The lowest BCUT2D eigenvalue weighted by Gasteiger charge is -2.36. The molecule has 0 N–H and O–H groups in total. The quantitative estimate of drug-likeness (QED) is 0.651. The monoisotopic (exact) mass is 448 g/mol. The normalized spacial score (nSPS) is 14.1. The van der Waals surface area contributed by atoms with Gasteiger partial charge in [-0.1, -0.05) is 6.92 Å². The minimum Gasteiger partial charge on any atom is -0.496 e. The summed E-state index contributed by atoms with van der Waals surface area (Å²) in [6.07, 6.45) is 0.479. The summed E-state index contributed by atoms with van der Waals surface area (Å²) in [4.78, 5) is 28.2. The third-order valence-corrected chi connectivity index (χ3v) is 5.52. The molecule has 0 aromatic heterocycles. The zero-order valence-corrected chi connectivity index (χ0v) is 17.5. The van der Waals surface area contributed by atoms with Gasteiger partial charge in [0.1, 0.15) is 11.6 Å². The van der Waals surface area contributed by atoms with E-state index in [9.17, 15) is 14.0 Å². The van der Waals surface area contributed by atoms with Gasteiger partial charge in [0.25, 0.3) is 0 Å². The number of nitrogens with zero attached hydrogens (tertiary/aromatic N) is 2. The van der Waals surface area contributed by atoms with E-state index >= 15 is 0 Å². The van der Waals surface area contributed by atoms with Crippen molar-refractivity contribution in [2.24, 2.45) is 0 Å². The van der Waals surface area contributed by atoms with Crippen molar-refractivity contribution in [3.63, 3.8) is 0 Å². The number of ether oxygens (including phenoxy) is 1. The first-order valence-corrected chi connectivity index (χ1v) is 9.94. The summed E-state index contributed by atoms with van der Waals surface area (Å²) < 4.78 is 20.6. The van der Waals surface area contributed by atoms with Crippen molar-refractivity contribution >= 4 is 33.3 Å². The molecule has 1 heterocycles. The number of piperazine rings is 1. The number of hydrogen-bond acceptors (Lipinski definition) is 4. The van der Waals surface area contributed by atoms with Gasteiger partial charge in [-0.2, -0.15) is 0 Å². The van der Waals surface area contributed by atoms with Crippen LogP contribution in [0.2, 0.25) is 0 Å². The largest absolute Gasteiger partial charge is 0.496 e. The smallest absolute Gasteiger partial charge is 0.222 e. The molecule has 7 heteroatoms. The van der Waals surface area contributed by atoms with Gasteiger partial charge in [0.05, 0.1) is 17.3 Å². The Balaban J connectivity index is 1.75. The van der Waals surface area contributed by atoms with Crippen LogP contribution in [0.15, 0.2) is 40.9 Å². The van der Waals surface area contributed by atoms with E-state index in [1.165, 1.54) is 6.07 Å². The van der Waals surface area contributed by atoms with Gasteiger partial charge in [-0.3, -0.25) is 9.59 Å². The zero-order chi connectivity index (χ0) is 20.3. The standard InChI is InChI=1S/C21H22BrFN2O3/c1-3-20(26)25-10-8-24(9-11-25)18-6-4-15(13-17(18)23)21(27)14-5-7-19(28-2)16(22)12-14/h4-7,12-13H,3,8-11H2,1-2H3. The predicted octanol–water partition coefficient (Wildman–Crippen LogP) is 3.89. The minimum absolute atomic E-state index is 0.117. The Labute approximate surface area is 172 Å². The van der Waals surface area contributed by atoms with Crippen molar-refractivity contribution < 1.29 is 18.7 Å². The summed E-state index contributed by atoms with van der Waals surface area (Å²) in [5.74, 6) is 0.0476. The van der Waals surface area contributed by atoms with E-state index in [1.54, 1.807) is 42.3 Å². The van der Waals surface area contributed by atoms with Crippen LogP contribution in [0.5, 0.6) is 5.75 Å². The van der Waals surface area contributed by atoms with Gasteiger partial charge in [-0.15, -0.1) is 0 Å². The van der Waals surface area contributed by atoms with Gasteiger partial charge in [0.15, 0.2) is 5.78 Å². The van der Waals surface area contributed by atoms with E-state index in [4.69, 9.17) is 4.74 Å². The van der Waals surface area contributed by atoms with Gasteiger partial charge >= 0.3 is 0 Å². The maximum atomic E-state index is 14.7. The van der Waals surface area contributed by atoms with E-state index in [-0.39, 0.29) is 17.3 Å². The fraction of sp³-hybridized carbons (Fsp3) is 0.333. The molecule has 1 aliphatic rings. The molecule has 1 aliphatic heterocycles. The number of halogens is 2. The maximum Gasteiger partial charge on any atom is 0.222 e. The average molecular weight is 449 g/mol. The summed E-state index contributed by atoms with van der Waals surface area (Å²) >= 11 is 3.36. The van der Waals surface area contributed by atoms with E-state index in [2.05, 4.69) is 15.9 Å². The Morgan fingerprint density at radius 1 is 1.07 bits per heavy atom. The molecule has 0 unspecified atom stereocenters. The molecule has 0 saturated carbocycles. The summed E-state index contributed by atoms with van der Waals surface area (Å²) in [7, 11) is 1.55. The number of carbonyl (C=O) groups excluding carboxylic acids is 2. The van der Waals surface area contributed by atoms with Gasteiger partial charge in [0.2, 0.25) is 5.91 Å². The van der Waals surface area contributed by atoms with Crippen molar-refractivity contribution in [3.8, 4) is 5.75 Å². The van der Waals surface area contributed by atoms with Crippen LogP contribution in [0.3, 0.4) is 0 Å². The number of carbonyl (C=O) groups is 2. The molecule has 2 aromatic rings. The molecular formula is C21H22BrFN2O3. The molecule has 148 valence electrons. The Bertz CT molecular complexity index is 895. The molecule has 1 saturated heterocycles. The molecule has 28 heavy (non-hydrogen) atoms. The molecule has 1 fully saturated rings. The molecule has 0 aliphatic carbocycles. The van der Waals surface area contributed by atoms with E-state index < -0.39 is 5.82 Å². The highest BCUT2D eigenvalue weighted by molar-refractivity contribution is 9.10. The summed E-state index contributed by atoms with van der Waals surface area (Å²) in [6, 6.07) is 9.57. The van der Waals surface area contributed by atoms with Crippen LogP contribution < -0.4 is 9.64 Å². The van der Waals surface area contributed by atoms with Crippen LogP contribution in [0.1, 0.15) is 29.3 Å². The third kappa shape index (κ3) is 4.19. The second-order valence-corrected chi connectivity index (χ2v) is 7.42. The number of hydrogen-bond donors (Lipinski definition) is 0. The van der Waals surface area contributed by atoms with Crippen LogP contribution in [-0.2, 0) is 4.79 Å². The number of anilines is 1. The van der Waals surface area contributed by atoms with E-state index in [0.29, 0.717) is 54.1 Å². The number of ketones is 1. The Kier molecular flexibility index (Phi) is 6.34. The number of methoxy groups -OCH3 is 1. The number of amides is 1. The third-order valence-electron chi connectivity index (χ3n) is 4.90. The van der Waals surface area contributed by atoms with E-state index in [0.717, 1.165) is 0 Å². The molecule has 3 rings (SSSR count). The number of rotatable bonds is 5. The summed E-state index contributed by atoms with van der Waals surface area (Å²) in [5.41, 5.74) is 1.20. The molecular weight excluding hydrogens is 427 g/mol. The fourth-order valence-electron chi connectivity index (χ4n) is 3.30. The highest BCUT2D eigenvalue weighted by Crippen LogP contribution is 2.28. The second-order valence-electron chi connectivity index (χ2n) is 6.57. The van der Waals surface area contributed by atoms with Gasteiger partial charge in [-0.25, -0.2) is 4.39 Å². The highest BCUT2D eigenvalue weighted by atomic mass is 79.9. The highest BCUT2D eigenvalue weighted by Gasteiger charge is 2.22. The van der Waals surface area contributed by atoms with Crippen LogP contribution in [-0.4, -0.2) is 49.9 Å². The molecule has 2 aromatic carbocycles. The van der Waals surface area contributed by atoms with Crippen molar-refractivity contribution in [1.29, 1.82) is 0 Å². The molecule has 0 atom stereocenters. The van der Waals surface area contributed by atoms with Crippen LogP contribution >= 0.6 is 15.9 Å². The first-order chi connectivity index (χ1) is 13.4. The first-order valence-electron chi connectivity index (χ1n) is 9.15. The van der Waals surface area contributed by atoms with Crippen molar-refractivity contribution in [2.75, 3.05) is 38.2 Å². The predicted molar refractivity (Wildman–Crippen MR) is 110 cm³/mol. The van der Waals surface area contributed by atoms with Crippen molar-refractivity contribution in [3.05, 3.63) is 57.8 Å². The van der Waals surface area contributed by atoms with Gasteiger partial charge in [-0.05, 0) is 52.3 Å². The molecule has 0 spiro atoms. The fourth-order valence-corrected chi connectivity index (χ4v) is 3.84. The van der Waals surface area contributed by atoms with Crippen LogP contribution in [0, 0.1) is 5.82 Å². The van der Waals surface area contributed by atoms with Crippen molar-refractivity contribution in [2.45, 2.75) is 13.3 Å². The topological polar surface area (TPSA) is 49.9 Å². The van der Waals surface area contributed by atoms with Crippen LogP contribution in [0.25, 0.3) is 0 Å².